The van der Waals surface area contributed by atoms with Crippen LogP contribution >= 0.6 is 0 Å². The maximum Gasteiger partial charge on any atom is 0.0502 e. The van der Waals surface area contributed by atoms with Gasteiger partial charge in [-0.15, -0.1) is 0 Å². The second-order valence-electron chi connectivity index (χ2n) is 18.3. The third-order valence-electron chi connectivity index (χ3n) is 13.6. The molecule has 0 amide bonds. The summed E-state index contributed by atoms with van der Waals surface area (Å²) in [6, 6.07) is 69.5. The molecule has 2 heterocycles. The minimum Gasteiger partial charge on any atom is -0.310 e. The van der Waals surface area contributed by atoms with Crippen molar-refractivity contribution in [3.05, 3.63) is 246 Å². The van der Waals surface area contributed by atoms with E-state index in [4.69, 9.17) is 6.58 Å². The molecule has 312 valence electrons. The van der Waals surface area contributed by atoms with Crippen molar-refractivity contribution in [1.29, 1.82) is 0 Å². The molecular weight excluding hydrogens is 773 g/mol. The highest BCUT2D eigenvalue weighted by atomic mass is 15.2. The van der Waals surface area contributed by atoms with Crippen LogP contribution in [0.5, 0.6) is 0 Å². The van der Waals surface area contributed by atoms with Crippen molar-refractivity contribution < 1.29 is 0 Å². The molecule has 0 N–H and O–H groups in total. The fraction of sp³-hybridized carbons (Fsp3) is 0.129. The van der Waals surface area contributed by atoms with Crippen LogP contribution in [0.2, 0.25) is 0 Å². The van der Waals surface area contributed by atoms with Crippen molar-refractivity contribution in [1.82, 2.24) is 0 Å². The van der Waals surface area contributed by atoms with Gasteiger partial charge in [-0.2, -0.15) is 0 Å². The predicted octanol–water partition coefficient (Wildman–Crippen LogP) is 17.5. The Hall–Kier alpha value is -7.42. The lowest BCUT2D eigenvalue weighted by Gasteiger charge is -2.42. The summed E-state index contributed by atoms with van der Waals surface area (Å²) in [5.74, 6) is 0. The van der Waals surface area contributed by atoms with Crippen molar-refractivity contribution in [2.24, 2.45) is 0 Å². The highest BCUT2D eigenvalue weighted by Gasteiger charge is 2.38. The molecule has 8 aromatic rings. The summed E-state index contributed by atoms with van der Waals surface area (Å²) in [6.07, 6.45) is 6.46. The molecular formula is C62H54N2. The standard InChI is InChI=1S/C62H54N2/c1-8-21-42(2)40-43(3)47-38-36-45(63-57-32-15-11-28-53(57)61(4,5)54-29-12-16-33-58(54)63)24-20-27-50(49-26-19-23-44-22-9-10-25-48(44)49)52-41-46(37-39-51(47)52)64-59-34-17-13-30-55(59)62(6,7)56-31-14-18-35-60(56)64/h8-41H,3H2,1-2,4-7H3/b21-8+,24-20?,27-20?,38-36?,42-40-,45-24?,45-36?,47-38?,50-27?,51-47?,52-50?. The molecule has 2 heteroatoms. The van der Waals surface area contributed by atoms with Crippen LogP contribution in [0.3, 0.4) is 0 Å². The lowest BCUT2D eigenvalue weighted by atomic mass is 9.73. The predicted molar refractivity (Wildman–Crippen MR) is 276 cm³/mol. The third kappa shape index (κ3) is 6.73. The molecule has 0 aromatic heterocycles. The Kier molecular flexibility index (Phi) is 10.2. The van der Waals surface area contributed by atoms with Crippen LogP contribution in [0.25, 0.3) is 38.2 Å². The van der Waals surface area contributed by atoms with Crippen molar-refractivity contribution >= 4 is 61.2 Å². The first kappa shape index (κ1) is 40.6. The molecule has 0 spiro atoms. The first-order chi connectivity index (χ1) is 31.1. The molecule has 64 heavy (non-hydrogen) atoms. The summed E-state index contributed by atoms with van der Waals surface area (Å²) in [5.41, 5.74) is 17.3. The van der Waals surface area contributed by atoms with E-state index in [1.165, 1.54) is 61.3 Å². The van der Waals surface area contributed by atoms with Gasteiger partial charge in [0.2, 0.25) is 0 Å². The average Bonchev–Trinajstić information content (AvgIpc) is 3.31. The normalized spacial score (nSPS) is 14.7. The van der Waals surface area contributed by atoms with Gasteiger partial charge in [-0.3, -0.25) is 0 Å². The summed E-state index contributed by atoms with van der Waals surface area (Å²) < 4.78 is 0. The summed E-state index contributed by atoms with van der Waals surface area (Å²) in [5, 5.41) is 4.66. The SMILES string of the molecule is C=C(/C=C(C)\C=C\C)c1ccc(N2c3ccccc3C(C)(C)c3ccccc32)cccc(-c2cccc3ccccc23)c2cc(N3c4ccccc4C(C)(C)c4ccccc43)ccc12. The Balaban J connectivity index is 1.32. The minimum absolute atomic E-state index is 0.164. The number of fused-ring (bicyclic) bond motifs is 6. The van der Waals surface area contributed by atoms with Gasteiger partial charge in [-0.1, -0.05) is 198 Å². The smallest absolute Gasteiger partial charge is 0.0502 e. The molecule has 0 unspecified atom stereocenters. The summed E-state index contributed by atoms with van der Waals surface area (Å²) in [6.45, 7) is 18.4. The second-order valence-corrected chi connectivity index (χ2v) is 18.3. The molecule has 8 aromatic carbocycles. The van der Waals surface area contributed by atoms with Crippen LogP contribution in [0, 0.1) is 0 Å². The van der Waals surface area contributed by atoms with Gasteiger partial charge in [0.25, 0.3) is 0 Å². The van der Waals surface area contributed by atoms with E-state index in [1.807, 2.05) is 0 Å². The Morgan fingerprint density at radius 2 is 0.906 bits per heavy atom. The fourth-order valence-electron chi connectivity index (χ4n) is 10.5. The topological polar surface area (TPSA) is 6.48 Å². The Morgan fingerprint density at radius 1 is 0.453 bits per heavy atom. The molecule has 0 fully saturated rings. The molecule has 0 saturated carbocycles. The molecule has 0 aliphatic carbocycles. The maximum absolute atomic E-state index is 4.82. The van der Waals surface area contributed by atoms with E-state index in [2.05, 4.69) is 258 Å². The van der Waals surface area contributed by atoms with Crippen LogP contribution in [0.4, 0.5) is 34.1 Å². The van der Waals surface area contributed by atoms with Gasteiger partial charge in [0.15, 0.2) is 0 Å². The van der Waals surface area contributed by atoms with Gasteiger partial charge in [-0.25, -0.2) is 0 Å². The molecule has 10 rings (SSSR count). The highest BCUT2D eigenvalue weighted by molar-refractivity contribution is 6.09. The molecule has 0 saturated heterocycles. The largest absolute Gasteiger partial charge is 0.310 e. The van der Waals surface area contributed by atoms with Crippen molar-refractivity contribution in [3.63, 3.8) is 0 Å². The average molecular weight is 827 g/mol. The van der Waals surface area contributed by atoms with E-state index in [1.54, 1.807) is 0 Å². The zero-order valence-electron chi connectivity index (χ0n) is 37.7. The van der Waals surface area contributed by atoms with Crippen LogP contribution in [0.15, 0.2) is 218 Å². The van der Waals surface area contributed by atoms with E-state index >= 15 is 0 Å². The van der Waals surface area contributed by atoms with Gasteiger partial charge in [0, 0.05) is 22.2 Å². The number of anilines is 6. The first-order valence-electron chi connectivity index (χ1n) is 22.5. The van der Waals surface area contributed by atoms with Gasteiger partial charge < -0.3 is 9.80 Å². The lowest BCUT2D eigenvalue weighted by molar-refractivity contribution is 0.632. The van der Waals surface area contributed by atoms with Crippen LogP contribution in [-0.2, 0) is 10.8 Å². The van der Waals surface area contributed by atoms with Crippen molar-refractivity contribution in [2.45, 2.75) is 52.4 Å². The van der Waals surface area contributed by atoms with E-state index < -0.39 is 0 Å². The molecule has 2 aliphatic heterocycles. The lowest BCUT2D eigenvalue weighted by Crippen LogP contribution is -2.30. The Labute approximate surface area is 379 Å². The molecule has 2 aliphatic rings. The van der Waals surface area contributed by atoms with Crippen LogP contribution in [0.1, 0.15) is 69.4 Å². The zero-order valence-corrected chi connectivity index (χ0v) is 37.7. The number of nitrogens with zero attached hydrogens (tertiary/aromatic N) is 2. The molecule has 0 radical (unpaired) electrons. The number of para-hydroxylation sites is 4. The van der Waals surface area contributed by atoms with Gasteiger partial charge in [0.1, 0.15) is 0 Å². The second kappa shape index (κ2) is 16.0. The Morgan fingerprint density at radius 3 is 1.47 bits per heavy atom. The van der Waals surface area contributed by atoms with Gasteiger partial charge in [-0.05, 0) is 128 Å². The fourth-order valence-corrected chi connectivity index (χ4v) is 10.5. The van der Waals surface area contributed by atoms with E-state index in [9.17, 15) is 0 Å². The van der Waals surface area contributed by atoms with E-state index in [0.717, 1.165) is 44.4 Å². The third-order valence-corrected chi connectivity index (χ3v) is 13.6. The summed E-state index contributed by atoms with van der Waals surface area (Å²) in [7, 11) is 0. The van der Waals surface area contributed by atoms with Gasteiger partial charge >= 0.3 is 0 Å². The maximum atomic E-state index is 4.82. The van der Waals surface area contributed by atoms with E-state index in [0.29, 0.717) is 0 Å². The number of hydrogen-bond donors (Lipinski definition) is 0. The number of hydrogen-bond acceptors (Lipinski definition) is 2. The molecule has 2 nitrogen and oxygen atoms in total. The number of allylic oxidation sites excluding steroid dienone is 5. The monoisotopic (exact) mass is 826 g/mol. The summed E-state index contributed by atoms with van der Waals surface area (Å²) in [4.78, 5) is 4.90. The number of rotatable bonds is 6. The van der Waals surface area contributed by atoms with E-state index in [-0.39, 0.29) is 10.8 Å². The minimum atomic E-state index is -0.169. The van der Waals surface area contributed by atoms with Gasteiger partial charge in [0.05, 0.1) is 22.7 Å². The molecule has 0 bridgehead atoms. The van der Waals surface area contributed by atoms with Crippen molar-refractivity contribution in [3.8, 4) is 11.1 Å². The first-order valence-corrected chi connectivity index (χ1v) is 22.5. The van der Waals surface area contributed by atoms with Crippen LogP contribution < -0.4 is 9.80 Å². The zero-order chi connectivity index (χ0) is 44.2. The number of benzene rings is 7. The molecule has 0 atom stereocenters. The van der Waals surface area contributed by atoms with Crippen LogP contribution in [-0.4, -0.2) is 0 Å². The highest BCUT2D eigenvalue weighted by Crippen LogP contribution is 2.54. The quantitative estimate of drug-likeness (QED) is 0.154. The summed E-state index contributed by atoms with van der Waals surface area (Å²) >= 11 is 0. The van der Waals surface area contributed by atoms with Crippen molar-refractivity contribution in [2.75, 3.05) is 9.80 Å². The Bertz CT molecular complexity index is 3180.